The molecule has 1 atom stereocenters. The summed E-state index contributed by atoms with van der Waals surface area (Å²) >= 11 is 0. The molecule has 0 bridgehead atoms. The van der Waals surface area contributed by atoms with Gasteiger partial charge in [0.25, 0.3) is 0 Å². The first-order chi connectivity index (χ1) is 9.08. The van der Waals surface area contributed by atoms with Gasteiger partial charge in [-0.3, -0.25) is 9.48 Å². The maximum atomic E-state index is 11.3. The molecule has 1 unspecified atom stereocenters. The van der Waals surface area contributed by atoms with E-state index in [0.717, 1.165) is 35.6 Å². The van der Waals surface area contributed by atoms with Crippen molar-refractivity contribution < 1.29 is 9.90 Å². The predicted octanol–water partition coefficient (Wildman–Crippen LogP) is 1.62. The summed E-state index contributed by atoms with van der Waals surface area (Å²) in [6.45, 7) is 1.97. The molecule has 0 radical (unpaired) electrons. The van der Waals surface area contributed by atoms with Crippen molar-refractivity contribution in [2.75, 3.05) is 0 Å². The van der Waals surface area contributed by atoms with Crippen molar-refractivity contribution in [3.05, 3.63) is 23.3 Å². The summed E-state index contributed by atoms with van der Waals surface area (Å²) in [7, 11) is 1.88. The maximum Gasteiger partial charge on any atom is 0.312 e. The van der Waals surface area contributed by atoms with Crippen LogP contribution in [0.4, 0.5) is 0 Å². The summed E-state index contributed by atoms with van der Waals surface area (Å²) < 4.78 is 1.78. The average molecular weight is 260 g/mol. The van der Waals surface area contributed by atoms with Crippen molar-refractivity contribution in [2.45, 2.75) is 32.1 Å². The second kappa shape index (κ2) is 4.22. The average Bonchev–Trinajstić information content (AvgIpc) is 2.93. The van der Waals surface area contributed by atoms with E-state index in [1.165, 1.54) is 0 Å². The van der Waals surface area contributed by atoms with Gasteiger partial charge in [-0.25, -0.2) is 4.98 Å². The fourth-order valence-corrected chi connectivity index (χ4v) is 2.62. The van der Waals surface area contributed by atoms with Crippen molar-refractivity contribution in [2.24, 2.45) is 7.05 Å². The fraction of sp³-hybridized carbons (Fsp3) is 0.462. The smallest absolute Gasteiger partial charge is 0.312 e. The first-order valence-corrected chi connectivity index (χ1v) is 6.38. The van der Waals surface area contributed by atoms with E-state index >= 15 is 0 Å². The number of carboxylic acid groups (broad SMARTS) is 1. The number of nitrogens with zero attached hydrogens (tertiary/aromatic N) is 3. The number of carbonyl (C=O) groups is 1. The molecule has 0 aromatic carbocycles. The number of rotatable bonds is 2. The minimum Gasteiger partial charge on any atom is -0.481 e. The summed E-state index contributed by atoms with van der Waals surface area (Å²) in [4.78, 5) is 19.0. The molecule has 0 spiro atoms. The van der Waals surface area contributed by atoms with E-state index in [1.807, 2.05) is 14.0 Å². The Morgan fingerprint density at radius 3 is 3.00 bits per heavy atom. The third kappa shape index (κ3) is 1.83. The van der Waals surface area contributed by atoms with Crippen LogP contribution in [0.25, 0.3) is 11.4 Å². The van der Waals surface area contributed by atoms with Gasteiger partial charge in [0.05, 0.1) is 17.5 Å². The van der Waals surface area contributed by atoms with E-state index < -0.39 is 11.9 Å². The quantitative estimate of drug-likeness (QED) is 0.859. The van der Waals surface area contributed by atoms with Crippen LogP contribution in [0.15, 0.2) is 6.20 Å². The number of aromatic amines is 1. The highest BCUT2D eigenvalue weighted by Gasteiger charge is 2.30. The normalized spacial score (nSPS) is 18.3. The van der Waals surface area contributed by atoms with Crippen molar-refractivity contribution in [1.29, 1.82) is 0 Å². The lowest BCUT2D eigenvalue weighted by Gasteiger charge is -2.16. The van der Waals surface area contributed by atoms with Crippen LogP contribution < -0.4 is 0 Å². The van der Waals surface area contributed by atoms with Crippen molar-refractivity contribution in [3.63, 3.8) is 0 Å². The van der Waals surface area contributed by atoms with Crippen LogP contribution in [0.2, 0.25) is 0 Å². The molecule has 0 saturated carbocycles. The molecule has 2 heterocycles. The Hall–Kier alpha value is -2.11. The topological polar surface area (TPSA) is 83.8 Å². The fourth-order valence-electron chi connectivity index (χ4n) is 2.62. The highest BCUT2D eigenvalue weighted by molar-refractivity contribution is 5.76. The van der Waals surface area contributed by atoms with Crippen LogP contribution in [0.5, 0.6) is 0 Å². The molecule has 2 aromatic heterocycles. The van der Waals surface area contributed by atoms with Crippen LogP contribution in [-0.4, -0.2) is 30.8 Å². The van der Waals surface area contributed by atoms with Gasteiger partial charge in [0.1, 0.15) is 11.7 Å². The van der Waals surface area contributed by atoms with E-state index in [1.54, 1.807) is 10.9 Å². The van der Waals surface area contributed by atoms with Crippen LogP contribution in [0, 0.1) is 6.92 Å². The van der Waals surface area contributed by atoms with E-state index in [0.29, 0.717) is 12.1 Å². The molecule has 0 saturated heterocycles. The van der Waals surface area contributed by atoms with E-state index in [-0.39, 0.29) is 0 Å². The first-order valence-electron chi connectivity index (χ1n) is 6.38. The number of fused-ring (bicyclic) bond motifs is 1. The molecule has 0 aliphatic heterocycles. The molecule has 100 valence electrons. The van der Waals surface area contributed by atoms with Gasteiger partial charge in [0.15, 0.2) is 0 Å². The van der Waals surface area contributed by atoms with Gasteiger partial charge in [0, 0.05) is 18.4 Å². The molecule has 6 nitrogen and oxygen atoms in total. The van der Waals surface area contributed by atoms with Crippen molar-refractivity contribution in [1.82, 2.24) is 19.7 Å². The minimum atomic E-state index is -0.790. The van der Waals surface area contributed by atoms with Gasteiger partial charge >= 0.3 is 5.97 Å². The summed E-state index contributed by atoms with van der Waals surface area (Å²) in [6, 6.07) is 0. The van der Waals surface area contributed by atoms with Crippen LogP contribution >= 0.6 is 0 Å². The number of hydrogen-bond acceptors (Lipinski definition) is 3. The summed E-state index contributed by atoms with van der Waals surface area (Å²) in [6.07, 6.45) is 4.18. The third-order valence-corrected chi connectivity index (χ3v) is 3.85. The molecule has 6 heteroatoms. The molecule has 1 aliphatic rings. The number of carboxylic acids is 1. The lowest BCUT2D eigenvalue weighted by Crippen LogP contribution is -2.17. The Kier molecular flexibility index (Phi) is 2.66. The molecule has 3 rings (SSSR count). The monoisotopic (exact) mass is 260 g/mol. The van der Waals surface area contributed by atoms with Crippen LogP contribution in [0.1, 0.15) is 35.8 Å². The van der Waals surface area contributed by atoms with E-state index in [2.05, 4.69) is 15.1 Å². The predicted molar refractivity (Wildman–Crippen MR) is 68.8 cm³/mol. The largest absolute Gasteiger partial charge is 0.481 e. The van der Waals surface area contributed by atoms with Gasteiger partial charge < -0.3 is 10.1 Å². The highest BCUT2D eigenvalue weighted by atomic mass is 16.4. The van der Waals surface area contributed by atoms with Gasteiger partial charge in [-0.1, -0.05) is 0 Å². The van der Waals surface area contributed by atoms with Gasteiger partial charge in [-0.15, -0.1) is 0 Å². The zero-order valence-electron chi connectivity index (χ0n) is 11.0. The number of aromatic nitrogens is 4. The number of hydrogen-bond donors (Lipinski definition) is 2. The Labute approximate surface area is 110 Å². The summed E-state index contributed by atoms with van der Waals surface area (Å²) in [5.74, 6) is -0.545. The Morgan fingerprint density at radius 2 is 2.37 bits per heavy atom. The number of aryl methyl sites for hydroxylation is 2. The second-order valence-corrected chi connectivity index (χ2v) is 5.00. The summed E-state index contributed by atoms with van der Waals surface area (Å²) in [5.41, 5.74) is 3.59. The molecule has 2 aromatic rings. The van der Waals surface area contributed by atoms with E-state index in [4.69, 9.17) is 0 Å². The first kappa shape index (κ1) is 12.0. The third-order valence-electron chi connectivity index (χ3n) is 3.85. The number of imidazole rings is 1. The van der Waals surface area contributed by atoms with Gasteiger partial charge in [0.2, 0.25) is 0 Å². The Bertz CT molecular complexity index is 641. The van der Waals surface area contributed by atoms with Gasteiger partial charge in [-0.05, 0) is 26.2 Å². The number of H-pyrrole nitrogens is 1. The zero-order valence-corrected chi connectivity index (χ0v) is 11.0. The van der Waals surface area contributed by atoms with Crippen LogP contribution in [0.3, 0.4) is 0 Å². The lowest BCUT2D eigenvalue weighted by atomic mass is 9.90. The highest BCUT2D eigenvalue weighted by Crippen LogP contribution is 2.32. The zero-order chi connectivity index (χ0) is 13.6. The lowest BCUT2D eigenvalue weighted by molar-refractivity contribution is -0.139. The Morgan fingerprint density at radius 1 is 1.58 bits per heavy atom. The molecule has 2 N–H and O–H groups in total. The summed E-state index contributed by atoms with van der Waals surface area (Å²) in [5, 5.41) is 13.4. The standard InChI is InChI=1S/C13H16N4O2/c1-7-9(6-14-17(7)2)12-15-10-5-3-4-8(13(18)19)11(10)16-12/h6,8H,3-5H2,1-2H3,(H,15,16)(H,18,19). The molecular formula is C13H16N4O2. The van der Waals surface area contributed by atoms with Crippen molar-refractivity contribution in [3.8, 4) is 11.4 Å². The maximum absolute atomic E-state index is 11.3. The molecule has 1 aliphatic carbocycles. The molecule has 0 fully saturated rings. The molecule has 19 heavy (non-hydrogen) atoms. The number of aliphatic carboxylic acids is 1. The Balaban J connectivity index is 2.07. The second-order valence-electron chi connectivity index (χ2n) is 5.00. The molecule has 0 amide bonds. The number of nitrogens with one attached hydrogen (secondary N) is 1. The molecular weight excluding hydrogens is 244 g/mol. The van der Waals surface area contributed by atoms with Crippen LogP contribution in [-0.2, 0) is 18.3 Å². The SMILES string of the molecule is Cc1c(-c2nc3c([nH]2)CCCC3C(=O)O)cnn1C. The van der Waals surface area contributed by atoms with Gasteiger partial charge in [-0.2, -0.15) is 5.10 Å². The van der Waals surface area contributed by atoms with E-state index in [9.17, 15) is 9.90 Å². The van der Waals surface area contributed by atoms with Crippen molar-refractivity contribution >= 4 is 5.97 Å². The minimum absolute atomic E-state index is 0.481.